The zero-order valence-electron chi connectivity index (χ0n) is 15.8. The third-order valence-corrected chi connectivity index (χ3v) is 6.68. The molecule has 0 aliphatic rings. The quantitative estimate of drug-likeness (QED) is 0.250. The summed E-state index contributed by atoms with van der Waals surface area (Å²) in [5.41, 5.74) is 0.549. The average Bonchev–Trinajstić information content (AvgIpc) is 2.71. The first-order valence-electron chi connectivity index (χ1n) is 8.85. The number of hydrogen-bond donors (Lipinski definition) is 0. The largest absolute Gasteiger partial charge is 0.573 e. The molecule has 0 aliphatic heterocycles. The van der Waals surface area contributed by atoms with Crippen LogP contribution >= 0.6 is 31.9 Å². The van der Waals surface area contributed by atoms with Crippen molar-refractivity contribution in [3.63, 3.8) is 0 Å². The lowest BCUT2D eigenvalue weighted by molar-refractivity contribution is -0.274. The summed E-state index contributed by atoms with van der Waals surface area (Å²) in [4.78, 5) is 0.250. The predicted molar refractivity (Wildman–Crippen MR) is 122 cm³/mol. The molecule has 1 atom stereocenters. The molecule has 0 fully saturated rings. The second-order valence-electron chi connectivity index (χ2n) is 6.56. The van der Waals surface area contributed by atoms with Gasteiger partial charge in [-0.1, -0.05) is 56.1 Å². The minimum atomic E-state index is -4.90. The van der Waals surface area contributed by atoms with Gasteiger partial charge in [0.15, 0.2) is 11.1 Å². The molecule has 4 aromatic rings. The first-order valence-corrected chi connectivity index (χ1v) is 11.5. The number of rotatable bonds is 4. The lowest BCUT2D eigenvalue weighted by Crippen LogP contribution is -2.18. The molecule has 0 saturated carbocycles. The number of ether oxygens (including phenoxy) is 1. The van der Waals surface area contributed by atoms with Crippen molar-refractivity contribution in [2.75, 3.05) is 7.11 Å². The molecule has 0 N–H and O–H groups in total. The zero-order valence-corrected chi connectivity index (χ0v) is 19.8. The second kappa shape index (κ2) is 8.54. The van der Waals surface area contributed by atoms with Crippen molar-refractivity contribution in [1.82, 2.24) is 0 Å². The van der Waals surface area contributed by atoms with Gasteiger partial charge >= 0.3 is 6.36 Å². The van der Waals surface area contributed by atoms with Crippen molar-refractivity contribution >= 4 is 64.5 Å². The topological polar surface area (TPSA) is 35.5 Å². The van der Waals surface area contributed by atoms with Crippen LogP contribution in [0.3, 0.4) is 0 Å². The van der Waals surface area contributed by atoms with E-state index < -0.39 is 17.4 Å². The maximum atomic E-state index is 13.3. The molecular formula is C22H13Br2F3O3S. The van der Waals surface area contributed by atoms with Crippen molar-refractivity contribution in [2.24, 2.45) is 0 Å². The number of alkyl halides is 3. The molecule has 1 unspecified atom stereocenters. The highest BCUT2D eigenvalue weighted by Gasteiger charge is 2.33. The van der Waals surface area contributed by atoms with E-state index in [1.54, 1.807) is 48.5 Å². The van der Waals surface area contributed by atoms with Gasteiger partial charge in [-0.3, -0.25) is 4.18 Å². The summed E-state index contributed by atoms with van der Waals surface area (Å²) in [6.07, 6.45) is -4.90. The first-order chi connectivity index (χ1) is 14.7. The van der Waals surface area contributed by atoms with Gasteiger partial charge in [0, 0.05) is 20.1 Å². The van der Waals surface area contributed by atoms with Gasteiger partial charge in [0.1, 0.15) is 5.75 Å². The van der Waals surface area contributed by atoms with Crippen LogP contribution in [0.2, 0.25) is 0 Å². The summed E-state index contributed by atoms with van der Waals surface area (Å²) in [5.74, 6) is -0.382. The molecule has 3 nitrogen and oxygen atoms in total. The fraction of sp³-hybridized carbons (Fsp3) is 0.0909. The molecule has 0 bridgehead atoms. The number of fused-ring (bicyclic) bond motifs is 2. The van der Waals surface area contributed by atoms with Crippen molar-refractivity contribution in [3.05, 3.63) is 69.6 Å². The minimum absolute atomic E-state index is 0.190. The van der Waals surface area contributed by atoms with Crippen molar-refractivity contribution in [2.45, 2.75) is 11.3 Å². The molecule has 4 aromatic carbocycles. The van der Waals surface area contributed by atoms with Crippen LogP contribution in [0.1, 0.15) is 0 Å². The van der Waals surface area contributed by atoms with E-state index in [0.717, 1.165) is 14.3 Å². The van der Waals surface area contributed by atoms with E-state index in [-0.39, 0.29) is 16.2 Å². The van der Waals surface area contributed by atoms with E-state index in [9.17, 15) is 17.4 Å². The van der Waals surface area contributed by atoms with E-state index in [0.29, 0.717) is 21.7 Å². The highest BCUT2D eigenvalue weighted by atomic mass is 79.9. The average molecular weight is 574 g/mol. The Hall–Kier alpha value is -1.94. The van der Waals surface area contributed by atoms with Gasteiger partial charge in [-0.2, -0.15) is 0 Å². The third kappa shape index (κ3) is 4.50. The first kappa shape index (κ1) is 22.3. The van der Waals surface area contributed by atoms with Gasteiger partial charge in [0.05, 0.1) is 12.0 Å². The molecule has 0 aliphatic carbocycles. The monoisotopic (exact) mass is 572 g/mol. The molecule has 0 heterocycles. The summed E-state index contributed by atoms with van der Waals surface area (Å²) in [7, 11) is 1.28. The molecule has 0 amide bonds. The third-order valence-electron chi connectivity index (χ3n) is 4.69. The van der Waals surface area contributed by atoms with Gasteiger partial charge in [0.2, 0.25) is 0 Å². The van der Waals surface area contributed by atoms with Gasteiger partial charge < -0.3 is 4.74 Å². The van der Waals surface area contributed by atoms with Crippen molar-refractivity contribution in [3.8, 4) is 16.9 Å². The van der Waals surface area contributed by atoms with Crippen LogP contribution in [-0.4, -0.2) is 17.7 Å². The van der Waals surface area contributed by atoms with Crippen molar-refractivity contribution < 1.29 is 26.3 Å². The van der Waals surface area contributed by atoms with E-state index >= 15 is 0 Å². The number of halogens is 5. The van der Waals surface area contributed by atoms with Gasteiger partial charge in [-0.15, -0.1) is 13.2 Å². The van der Waals surface area contributed by atoms with E-state index in [1.165, 1.54) is 13.2 Å². The maximum absolute atomic E-state index is 13.3. The summed E-state index contributed by atoms with van der Waals surface area (Å²) >= 11 is 4.90. The molecule has 160 valence electrons. The number of hydrogen-bond acceptors (Lipinski definition) is 3. The highest BCUT2D eigenvalue weighted by Crippen LogP contribution is 2.45. The van der Waals surface area contributed by atoms with Crippen LogP contribution < -0.4 is 4.74 Å². The smallest absolute Gasteiger partial charge is 0.405 e. The van der Waals surface area contributed by atoms with E-state index in [4.69, 9.17) is 4.18 Å². The fourth-order valence-electron chi connectivity index (χ4n) is 3.52. The van der Waals surface area contributed by atoms with E-state index in [1.807, 2.05) is 6.07 Å². The normalized spacial score (nSPS) is 13.0. The Balaban J connectivity index is 2.19. The Labute approximate surface area is 195 Å². The minimum Gasteiger partial charge on any atom is -0.405 e. The maximum Gasteiger partial charge on any atom is 0.573 e. The van der Waals surface area contributed by atoms with Crippen LogP contribution in [-0.2, 0) is 15.3 Å². The Morgan fingerprint density at radius 3 is 1.90 bits per heavy atom. The second-order valence-corrected chi connectivity index (χ2v) is 9.63. The summed E-state index contributed by atoms with van der Waals surface area (Å²) < 4.78 is 63.6. The molecule has 0 radical (unpaired) electrons. The van der Waals surface area contributed by atoms with Crippen molar-refractivity contribution in [1.29, 1.82) is 0 Å². The predicted octanol–water partition coefficient (Wildman–Crippen LogP) is 7.75. The SMILES string of the molecule is COS(=O)c1ccc2cc(Br)ccc2c1-c1c(OC(F)(F)F)ccc2cc(Br)ccc12. The van der Waals surface area contributed by atoms with Gasteiger partial charge in [0.25, 0.3) is 0 Å². The van der Waals surface area contributed by atoms with Crippen LogP contribution in [0.5, 0.6) is 5.75 Å². The zero-order chi connectivity index (χ0) is 22.3. The summed E-state index contributed by atoms with van der Waals surface area (Å²) in [5, 5.41) is 2.60. The molecule has 0 spiro atoms. The molecule has 0 saturated heterocycles. The summed E-state index contributed by atoms with van der Waals surface area (Å²) in [6, 6.07) is 16.8. The van der Waals surface area contributed by atoms with E-state index in [2.05, 4.69) is 36.6 Å². The highest BCUT2D eigenvalue weighted by molar-refractivity contribution is 9.10. The Kier molecular flexibility index (Phi) is 6.13. The lowest BCUT2D eigenvalue weighted by Gasteiger charge is -2.19. The molecule has 9 heteroatoms. The van der Waals surface area contributed by atoms with Crippen LogP contribution in [0.25, 0.3) is 32.7 Å². The number of benzene rings is 4. The van der Waals surface area contributed by atoms with Crippen LogP contribution in [0, 0.1) is 0 Å². The Morgan fingerprint density at radius 2 is 1.35 bits per heavy atom. The standard InChI is InChI=1S/C22H13Br2F3O3S/c1-29-31(28)19-9-3-13-11-15(24)5-7-17(13)21(19)20-16-6-4-14(23)10-12(16)2-8-18(20)30-22(25,26)27/h2-11H,1H3. The fourth-order valence-corrected chi connectivity index (χ4v) is 5.01. The molecule has 4 rings (SSSR count). The van der Waals surface area contributed by atoms with Crippen LogP contribution in [0.15, 0.2) is 74.5 Å². The Morgan fingerprint density at radius 1 is 0.806 bits per heavy atom. The molecular weight excluding hydrogens is 561 g/mol. The molecule has 31 heavy (non-hydrogen) atoms. The lowest BCUT2D eigenvalue weighted by atomic mass is 9.93. The van der Waals surface area contributed by atoms with Gasteiger partial charge in [-0.25, -0.2) is 4.21 Å². The van der Waals surface area contributed by atoms with Crippen LogP contribution in [0.4, 0.5) is 13.2 Å². The summed E-state index contributed by atoms with van der Waals surface area (Å²) in [6.45, 7) is 0. The molecule has 0 aromatic heterocycles. The Bertz CT molecular complexity index is 1340. The van der Waals surface area contributed by atoms with Gasteiger partial charge in [-0.05, 0) is 57.9 Å².